The molecular weight excluding hydrogens is 565 g/mol. The lowest BCUT2D eigenvalue weighted by atomic mass is 10.0. The number of thiophene rings is 2. The largest absolute Gasteiger partial charge is 0.222 e. The topological polar surface area (TPSA) is 25.8 Å². The minimum atomic E-state index is 1.11. The predicted octanol–water partition coefficient (Wildman–Crippen LogP) is 13.2. The van der Waals surface area contributed by atoms with E-state index in [2.05, 4.69) is 39.8 Å². The van der Waals surface area contributed by atoms with E-state index in [1.165, 1.54) is 156 Å². The maximum atomic E-state index is 5.13. The van der Waals surface area contributed by atoms with Gasteiger partial charge in [-0.3, -0.25) is 0 Å². The molecule has 0 spiro atoms. The molecule has 0 amide bonds. The standard InChI is InChI=1S/C34H50N2S4/c1-5-7-9-11-13-15-17-19-21-27-23-25(3)37-29(27)31-35-33-34(39-31)36-32(40-33)30-28(24-26(4)38-30)22-20-18-16-14-12-10-8-6-2/h23-24H,5-22H2,1-4H3. The highest BCUT2D eigenvalue weighted by Crippen LogP contribution is 2.43. The van der Waals surface area contributed by atoms with Gasteiger partial charge in [-0.05, 0) is 62.8 Å². The van der Waals surface area contributed by atoms with E-state index in [1.807, 2.05) is 22.7 Å². The molecule has 6 heteroatoms. The van der Waals surface area contributed by atoms with E-state index in [9.17, 15) is 0 Å². The average molecular weight is 615 g/mol. The average Bonchev–Trinajstić information content (AvgIpc) is 3.69. The first-order valence-electron chi connectivity index (χ1n) is 16.1. The van der Waals surface area contributed by atoms with Gasteiger partial charge in [0.1, 0.15) is 10.0 Å². The van der Waals surface area contributed by atoms with Gasteiger partial charge in [-0.25, -0.2) is 9.97 Å². The van der Waals surface area contributed by atoms with E-state index >= 15 is 0 Å². The number of nitrogens with zero attached hydrogens (tertiary/aromatic N) is 2. The Labute approximate surface area is 259 Å². The van der Waals surface area contributed by atoms with Crippen LogP contribution < -0.4 is 0 Å². The van der Waals surface area contributed by atoms with Gasteiger partial charge in [0.25, 0.3) is 0 Å². The maximum Gasteiger partial charge on any atom is 0.155 e. The van der Waals surface area contributed by atoms with Crippen molar-refractivity contribution in [2.24, 2.45) is 0 Å². The van der Waals surface area contributed by atoms with E-state index in [1.54, 1.807) is 22.7 Å². The van der Waals surface area contributed by atoms with E-state index < -0.39 is 0 Å². The number of thiazole rings is 2. The third kappa shape index (κ3) is 9.47. The van der Waals surface area contributed by atoms with Crippen LogP contribution in [0.15, 0.2) is 12.1 Å². The molecule has 4 aromatic heterocycles. The van der Waals surface area contributed by atoms with Gasteiger partial charge in [0, 0.05) is 9.75 Å². The van der Waals surface area contributed by atoms with Crippen LogP contribution in [0.4, 0.5) is 0 Å². The number of unbranched alkanes of at least 4 members (excludes halogenated alkanes) is 14. The fourth-order valence-corrected chi connectivity index (χ4v) is 9.99. The lowest BCUT2D eigenvalue weighted by Gasteiger charge is -2.03. The number of hydrogen-bond donors (Lipinski definition) is 0. The van der Waals surface area contributed by atoms with Crippen LogP contribution >= 0.6 is 45.3 Å². The highest BCUT2D eigenvalue weighted by Gasteiger charge is 2.19. The number of aryl methyl sites for hydroxylation is 4. The normalized spacial score (nSPS) is 11.8. The van der Waals surface area contributed by atoms with Crippen LogP contribution in [0.5, 0.6) is 0 Å². The Morgan fingerprint density at radius 3 is 1.20 bits per heavy atom. The van der Waals surface area contributed by atoms with Gasteiger partial charge in [0.05, 0.1) is 9.75 Å². The van der Waals surface area contributed by atoms with Crippen molar-refractivity contribution in [2.75, 3.05) is 0 Å². The molecule has 0 unspecified atom stereocenters. The maximum absolute atomic E-state index is 5.13. The Balaban J connectivity index is 1.33. The number of fused-ring (bicyclic) bond motifs is 1. The molecule has 40 heavy (non-hydrogen) atoms. The lowest BCUT2D eigenvalue weighted by molar-refractivity contribution is 0.576. The summed E-state index contributed by atoms with van der Waals surface area (Å²) in [5.41, 5.74) is 2.99. The molecule has 4 aromatic rings. The zero-order valence-electron chi connectivity index (χ0n) is 25.4. The van der Waals surface area contributed by atoms with Gasteiger partial charge < -0.3 is 0 Å². The van der Waals surface area contributed by atoms with E-state index in [0.717, 1.165) is 9.66 Å². The first kappa shape index (κ1) is 31.8. The Kier molecular flexibility index (Phi) is 13.6. The van der Waals surface area contributed by atoms with Crippen molar-refractivity contribution >= 4 is 55.0 Å². The van der Waals surface area contributed by atoms with Gasteiger partial charge >= 0.3 is 0 Å². The summed E-state index contributed by atoms with van der Waals surface area (Å²) in [6, 6.07) is 4.81. The van der Waals surface area contributed by atoms with Gasteiger partial charge in [-0.2, -0.15) is 0 Å². The third-order valence-electron chi connectivity index (χ3n) is 7.83. The summed E-state index contributed by atoms with van der Waals surface area (Å²) >= 11 is 7.42. The second kappa shape index (κ2) is 17.1. The van der Waals surface area contributed by atoms with Crippen LogP contribution in [-0.4, -0.2) is 9.97 Å². The summed E-state index contributed by atoms with van der Waals surface area (Å²) in [6.45, 7) is 9.07. The van der Waals surface area contributed by atoms with E-state index in [0.29, 0.717) is 0 Å². The monoisotopic (exact) mass is 614 g/mol. The Morgan fingerprint density at radius 2 is 0.825 bits per heavy atom. The SMILES string of the molecule is CCCCCCCCCCc1cc(C)sc1-c1nc2sc(-c3sc(C)cc3CCCCCCCCCC)nc2s1. The van der Waals surface area contributed by atoms with Crippen molar-refractivity contribution in [3.8, 4) is 19.8 Å². The molecule has 0 saturated carbocycles. The van der Waals surface area contributed by atoms with Crippen LogP contribution in [0, 0.1) is 13.8 Å². The molecule has 0 aliphatic heterocycles. The first-order chi connectivity index (χ1) is 19.6. The molecule has 0 N–H and O–H groups in total. The number of rotatable bonds is 20. The highest BCUT2D eigenvalue weighted by molar-refractivity contribution is 7.32. The highest BCUT2D eigenvalue weighted by atomic mass is 32.1. The third-order valence-corrected chi connectivity index (χ3v) is 12.3. The molecule has 4 heterocycles. The molecule has 0 fully saturated rings. The van der Waals surface area contributed by atoms with Crippen molar-refractivity contribution in [3.05, 3.63) is 33.0 Å². The predicted molar refractivity (Wildman–Crippen MR) is 184 cm³/mol. The fraction of sp³-hybridized carbons (Fsp3) is 0.647. The van der Waals surface area contributed by atoms with Gasteiger partial charge in [-0.15, -0.1) is 22.7 Å². The summed E-state index contributed by atoms with van der Waals surface area (Å²) in [5.74, 6) is 0. The fourth-order valence-electron chi connectivity index (χ4n) is 5.60. The van der Waals surface area contributed by atoms with Crippen LogP contribution in [0.1, 0.15) is 137 Å². The van der Waals surface area contributed by atoms with Crippen molar-refractivity contribution in [3.63, 3.8) is 0 Å². The zero-order chi connectivity index (χ0) is 28.2. The van der Waals surface area contributed by atoms with Crippen molar-refractivity contribution < 1.29 is 0 Å². The zero-order valence-corrected chi connectivity index (χ0v) is 28.7. The van der Waals surface area contributed by atoms with Crippen LogP contribution in [0.2, 0.25) is 0 Å². The van der Waals surface area contributed by atoms with Crippen molar-refractivity contribution in [2.45, 2.75) is 143 Å². The quantitative estimate of drug-likeness (QED) is 0.0925. The summed E-state index contributed by atoms with van der Waals surface area (Å²) < 4.78 is 0. The van der Waals surface area contributed by atoms with Gasteiger partial charge in [0.15, 0.2) is 9.66 Å². The first-order valence-corrected chi connectivity index (χ1v) is 19.3. The summed E-state index contributed by atoms with van der Waals surface area (Å²) in [5, 5.41) is 2.35. The Morgan fingerprint density at radius 1 is 0.475 bits per heavy atom. The smallest absolute Gasteiger partial charge is 0.155 e. The minimum absolute atomic E-state index is 1.11. The van der Waals surface area contributed by atoms with Crippen LogP contribution in [0.3, 0.4) is 0 Å². The molecule has 0 bridgehead atoms. The summed E-state index contributed by atoms with van der Waals surface area (Å²) in [4.78, 5) is 18.1. The molecule has 0 saturated heterocycles. The molecule has 4 rings (SSSR count). The van der Waals surface area contributed by atoms with E-state index in [-0.39, 0.29) is 0 Å². The molecule has 0 aliphatic rings. The Hall–Kier alpha value is -1.08. The van der Waals surface area contributed by atoms with Crippen LogP contribution in [-0.2, 0) is 12.8 Å². The second-order valence-corrected chi connectivity index (χ2v) is 16.0. The number of aromatic nitrogens is 2. The minimum Gasteiger partial charge on any atom is -0.222 e. The molecule has 220 valence electrons. The van der Waals surface area contributed by atoms with Crippen LogP contribution in [0.25, 0.3) is 29.4 Å². The molecule has 0 atom stereocenters. The summed E-state index contributed by atoms with van der Waals surface area (Å²) in [7, 11) is 0. The second-order valence-electron chi connectivity index (χ2n) is 11.5. The molecule has 0 aromatic carbocycles. The lowest BCUT2D eigenvalue weighted by Crippen LogP contribution is -1.87. The van der Waals surface area contributed by atoms with E-state index in [4.69, 9.17) is 9.97 Å². The Bertz CT molecular complexity index is 1150. The van der Waals surface area contributed by atoms with Gasteiger partial charge in [0.2, 0.25) is 0 Å². The molecule has 0 radical (unpaired) electrons. The number of hydrogen-bond acceptors (Lipinski definition) is 6. The van der Waals surface area contributed by atoms with Gasteiger partial charge in [-0.1, -0.05) is 126 Å². The molecular formula is C34H50N2S4. The molecule has 0 aliphatic carbocycles. The van der Waals surface area contributed by atoms with Crippen molar-refractivity contribution in [1.29, 1.82) is 0 Å². The van der Waals surface area contributed by atoms with Crippen molar-refractivity contribution in [1.82, 2.24) is 9.97 Å². The molecule has 2 nitrogen and oxygen atoms in total. The summed E-state index contributed by atoms with van der Waals surface area (Å²) in [6.07, 6.45) is 24.3.